The van der Waals surface area contributed by atoms with Crippen LogP contribution in [-0.4, -0.2) is 49.1 Å². The first-order chi connectivity index (χ1) is 9.58. The van der Waals surface area contributed by atoms with E-state index >= 15 is 0 Å². The molecule has 1 aromatic carbocycles. The zero-order valence-electron chi connectivity index (χ0n) is 11.3. The first-order valence-electron chi connectivity index (χ1n) is 6.51. The SMILES string of the molecule is C[C@@H](NC(=O)c1cccc(F)c1)C(=O)N1CCOCC1. The molecule has 0 bridgehead atoms. The van der Waals surface area contributed by atoms with Crippen LogP contribution in [0.1, 0.15) is 17.3 Å². The van der Waals surface area contributed by atoms with Gasteiger partial charge < -0.3 is 15.0 Å². The number of nitrogens with one attached hydrogen (secondary N) is 1. The fourth-order valence-electron chi connectivity index (χ4n) is 2.03. The largest absolute Gasteiger partial charge is 0.378 e. The molecule has 0 unspecified atom stereocenters. The lowest BCUT2D eigenvalue weighted by Gasteiger charge is -2.29. The lowest BCUT2D eigenvalue weighted by molar-refractivity contribution is -0.136. The van der Waals surface area contributed by atoms with E-state index in [-0.39, 0.29) is 11.5 Å². The van der Waals surface area contributed by atoms with E-state index in [1.807, 2.05) is 0 Å². The van der Waals surface area contributed by atoms with Gasteiger partial charge in [-0.05, 0) is 25.1 Å². The Kier molecular flexibility index (Phi) is 4.68. The van der Waals surface area contributed by atoms with Gasteiger partial charge in [-0.1, -0.05) is 6.07 Å². The van der Waals surface area contributed by atoms with Gasteiger partial charge in [-0.15, -0.1) is 0 Å². The number of carbonyl (C=O) groups is 2. The Morgan fingerprint density at radius 3 is 2.70 bits per heavy atom. The van der Waals surface area contributed by atoms with Gasteiger partial charge in [0.2, 0.25) is 5.91 Å². The third-order valence-corrected chi connectivity index (χ3v) is 3.13. The van der Waals surface area contributed by atoms with Crippen molar-refractivity contribution in [3.05, 3.63) is 35.6 Å². The van der Waals surface area contributed by atoms with Crippen LogP contribution in [0.15, 0.2) is 24.3 Å². The van der Waals surface area contributed by atoms with Crippen molar-refractivity contribution >= 4 is 11.8 Å². The number of hydrogen-bond donors (Lipinski definition) is 1. The smallest absolute Gasteiger partial charge is 0.252 e. The van der Waals surface area contributed by atoms with E-state index in [1.54, 1.807) is 11.8 Å². The number of halogens is 1. The lowest BCUT2D eigenvalue weighted by atomic mass is 10.2. The third-order valence-electron chi connectivity index (χ3n) is 3.13. The maximum Gasteiger partial charge on any atom is 0.252 e. The van der Waals surface area contributed by atoms with Crippen LogP contribution in [0.4, 0.5) is 4.39 Å². The minimum absolute atomic E-state index is 0.155. The van der Waals surface area contributed by atoms with Crippen molar-refractivity contribution in [2.75, 3.05) is 26.3 Å². The molecule has 1 aliphatic heterocycles. The van der Waals surface area contributed by atoms with E-state index in [2.05, 4.69) is 5.32 Å². The predicted octanol–water partition coefficient (Wildman–Crippen LogP) is 0.803. The Bertz CT molecular complexity index is 501. The van der Waals surface area contributed by atoms with Gasteiger partial charge in [-0.3, -0.25) is 9.59 Å². The van der Waals surface area contributed by atoms with E-state index in [1.165, 1.54) is 18.2 Å². The zero-order valence-corrected chi connectivity index (χ0v) is 11.3. The number of morpholine rings is 1. The average Bonchev–Trinajstić information content (AvgIpc) is 2.47. The van der Waals surface area contributed by atoms with Crippen LogP contribution in [0.3, 0.4) is 0 Å². The first-order valence-corrected chi connectivity index (χ1v) is 6.51. The standard InChI is InChI=1S/C14H17FN2O3/c1-10(14(19)17-5-7-20-8-6-17)16-13(18)11-3-2-4-12(15)9-11/h2-4,9-10H,5-8H2,1H3,(H,16,18)/t10-/m1/s1. The van der Waals surface area contributed by atoms with Gasteiger partial charge >= 0.3 is 0 Å². The Morgan fingerprint density at radius 1 is 1.35 bits per heavy atom. The van der Waals surface area contributed by atoms with Crippen molar-refractivity contribution in [2.45, 2.75) is 13.0 Å². The molecule has 0 aliphatic carbocycles. The molecule has 108 valence electrons. The van der Waals surface area contributed by atoms with Crippen LogP contribution < -0.4 is 5.32 Å². The van der Waals surface area contributed by atoms with Crippen LogP contribution in [0, 0.1) is 5.82 Å². The van der Waals surface area contributed by atoms with E-state index in [9.17, 15) is 14.0 Å². The highest BCUT2D eigenvalue weighted by atomic mass is 19.1. The minimum Gasteiger partial charge on any atom is -0.378 e. The highest BCUT2D eigenvalue weighted by molar-refractivity contribution is 5.97. The maximum absolute atomic E-state index is 13.0. The number of ether oxygens (including phenoxy) is 1. The summed E-state index contributed by atoms with van der Waals surface area (Å²) in [6.07, 6.45) is 0. The summed E-state index contributed by atoms with van der Waals surface area (Å²) in [7, 11) is 0. The van der Waals surface area contributed by atoms with E-state index in [0.717, 1.165) is 6.07 Å². The van der Waals surface area contributed by atoms with Crippen LogP contribution in [0.2, 0.25) is 0 Å². The van der Waals surface area contributed by atoms with Crippen molar-refractivity contribution in [1.82, 2.24) is 10.2 Å². The normalized spacial score (nSPS) is 16.6. The molecular weight excluding hydrogens is 263 g/mol. The highest BCUT2D eigenvalue weighted by Crippen LogP contribution is 2.05. The molecule has 0 saturated carbocycles. The molecule has 1 atom stereocenters. The predicted molar refractivity (Wildman–Crippen MR) is 70.7 cm³/mol. The van der Waals surface area contributed by atoms with Gasteiger partial charge in [0.25, 0.3) is 5.91 Å². The minimum atomic E-state index is -0.649. The lowest BCUT2D eigenvalue weighted by Crippen LogP contribution is -2.50. The van der Waals surface area contributed by atoms with Crippen molar-refractivity contribution in [1.29, 1.82) is 0 Å². The molecule has 20 heavy (non-hydrogen) atoms. The summed E-state index contributed by atoms with van der Waals surface area (Å²) < 4.78 is 18.2. The molecule has 1 heterocycles. The summed E-state index contributed by atoms with van der Waals surface area (Å²) in [6, 6.07) is 4.72. The molecule has 1 aromatic rings. The second-order valence-electron chi connectivity index (χ2n) is 4.64. The monoisotopic (exact) mass is 280 g/mol. The van der Waals surface area contributed by atoms with Crippen LogP contribution in [-0.2, 0) is 9.53 Å². The van der Waals surface area contributed by atoms with E-state index in [0.29, 0.717) is 26.3 Å². The number of amides is 2. The van der Waals surface area contributed by atoms with Gasteiger partial charge in [-0.25, -0.2) is 4.39 Å². The number of rotatable bonds is 3. The van der Waals surface area contributed by atoms with Crippen LogP contribution in [0.25, 0.3) is 0 Å². The summed E-state index contributed by atoms with van der Waals surface area (Å²) >= 11 is 0. The molecule has 1 saturated heterocycles. The molecule has 1 fully saturated rings. The second kappa shape index (κ2) is 6.47. The summed E-state index contributed by atoms with van der Waals surface area (Å²) in [6.45, 7) is 3.69. The molecule has 6 heteroatoms. The van der Waals surface area contributed by atoms with E-state index in [4.69, 9.17) is 4.74 Å². The van der Waals surface area contributed by atoms with Crippen molar-refractivity contribution in [3.8, 4) is 0 Å². The molecular formula is C14H17FN2O3. The van der Waals surface area contributed by atoms with Crippen molar-refractivity contribution in [3.63, 3.8) is 0 Å². The summed E-state index contributed by atoms with van der Waals surface area (Å²) in [5.41, 5.74) is 0.201. The van der Waals surface area contributed by atoms with E-state index < -0.39 is 17.8 Å². The first kappa shape index (κ1) is 14.5. The van der Waals surface area contributed by atoms with Crippen LogP contribution >= 0.6 is 0 Å². The zero-order chi connectivity index (χ0) is 14.5. The average molecular weight is 280 g/mol. The molecule has 0 spiro atoms. The molecule has 2 amide bonds. The summed E-state index contributed by atoms with van der Waals surface area (Å²) in [4.78, 5) is 25.7. The highest BCUT2D eigenvalue weighted by Gasteiger charge is 2.23. The topological polar surface area (TPSA) is 58.6 Å². The van der Waals surface area contributed by atoms with Crippen molar-refractivity contribution in [2.24, 2.45) is 0 Å². The molecule has 2 rings (SSSR count). The quantitative estimate of drug-likeness (QED) is 0.891. The molecule has 0 radical (unpaired) electrons. The van der Waals surface area contributed by atoms with Crippen molar-refractivity contribution < 1.29 is 18.7 Å². The number of nitrogens with zero attached hydrogens (tertiary/aromatic N) is 1. The maximum atomic E-state index is 13.0. The second-order valence-corrected chi connectivity index (χ2v) is 4.64. The van der Waals surface area contributed by atoms with Gasteiger partial charge in [-0.2, -0.15) is 0 Å². The fraction of sp³-hybridized carbons (Fsp3) is 0.429. The summed E-state index contributed by atoms with van der Waals surface area (Å²) in [5.74, 6) is -1.10. The fourth-order valence-corrected chi connectivity index (χ4v) is 2.03. The molecule has 0 aromatic heterocycles. The van der Waals surface area contributed by atoms with Crippen LogP contribution in [0.5, 0.6) is 0 Å². The van der Waals surface area contributed by atoms with Gasteiger partial charge in [0.1, 0.15) is 11.9 Å². The Morgan fingerprint density at radius 2 is 2.05 bits per heavy atom. The Labute approximate surface area is 116 Å². The van der Waals surface area contributed by atoms with Gasteiger partial charge in [0.15, 0.2) is 0 Å². The Balaban J connectivity index is 1.94. The molecule has 1 N–H and O–H groups in total. The third kappa shape index (κ3) is 3.54. The van der Waals surface area contributed by atoms with Gasteiger partial charge in [0, 0.05) is 18.7 Å². The Hall–Kier alpha value is -1.95. The number of hydrogen-bond acceptors (Lipinski definition) is 3. The summed E-state index contributed by atoms with van der Waals surface area (Å²) in [5, 5.41) is 2.58. The number of carbonyl (C=O) groups excluding carboxylic acids is 2. The number of benzene rings is 1. The van der Waals surface area contributed by atoms with Gasteiger partial charge in [0.05, 0.1) is 13.2 Å². The molecule has 1 aliphatic rings. The molecule has 5 nitrogen and oxygen atoms in total.